The highest BCUT2D eigenvalue weighted by atomic mass is 16.7. The molecule has 0 radical (unpaired) electrons. The first kappa shape index (κ1) is 13.9. The molecule has 0 saturated carbocycles. The Hall–Kier alpha value is -1.14. The van der Waals surface area contributed by atoms with Crippen molar-refractivity contribution in [1.82, 2.24) is 0 Å². The Morgan fingerprint density at radius 1 is 1.40 bits per heavy atom. The topological polar surface area (TPSA) is 98.9 Å². The predicted octanol–water partition coefficient (Wildman–Crippen LogP) is 0.174. The van der Waals surface area contributed by atoms with Crippen LogP contribution in [0.3, 0.4) is 0 Å². The highest BCUT2D eigenvalue weighted by Gasteiger charge is 2.21. The summed E-state index contributed by atoms with van der Waals surface area (Å²) in [5.74, 6) is -0.814. The standard InChI is InChI=1S/C9H17NO5/c1-9(2,3)15-8(13)14-7(12)4-6(10)5-11/h6,11H,4-5,10H2,1-3H3. The lowest BCUT2D eigenvalue weighted by Crippen LogP contribution is -2.31. The number of nitrogens with two attached hydrogens (primary N) is 1. The molecule has 0 rings (SSSR count). The first-order chi connectivity index (χ1) is 6.74. The van der Waals surface area contributed by atoms with Gasteiger partial charge in [0.2, 0.25) is 0 Å². The Kier molecular flexibility index (Phi) is 5.24. The van der Waals surface area contributed by atoms with E-state index in [-0.39, 0.29) is 13.0 Å². The van der Waals surface area contributed by atoms with E-state index in [1.165, 1.54) is 0 Å². The van der Waals surface area contributed by atoms with E-state index in [4.69, 9.17) is 15.6 Å². The molecule has 0 amide bonds. The van der Waals surface area contributed by atoms with Crippen molar-refractivity contribution in [2.75, 3.05) is 6.61 Å². The first-order valence-corrected chi connectivity index (χ1v) is 4.54. The molecule has 0 aliphatic heterocycles. The molecular formula is C9H17NO5. The molecule has 0 aromatic rings. The second-order valence-electron chi connectivity index (χ2n) is 4.09. The highest BCUT2D eigenvalue weighted by Crippen LogP contribution is 2.08. The number of rotatable bonds is 3. The summed E-state index contributed by atoms with van der Waals surface area (Å²) in [7, 11) is 0. The molecule has 15 heavy (non-hydrogen) atoms. The molecule has 0 fully saturated rings. The minimum atomic E-state index is -1.06. The smallest absolute Gasteiger partial charge is 0.428 e. The van der Waals surface area contributed by atoms with Gasteiger partial charge in [0.15, 0.2) is 0 Å². The Bertz CT molecular complexity index is 233. The molecule has 0 aliphatic carbocycles. The third kappa shape index (κ3) is 7.90. The summed E-state index contributed by atoms with van der Waals surface area (Å²) in [6.07, 6.45) is -1.28. The summed E-state index contributed by atoms with van der Waals surface area (Å²) in [4.78, 5) is 22.0. The molecule has 1 atom stereocenters. The SMILES string of the molecule is CC(C)(C)OC(=O)OC(=O)CC(N)CO. The summed E-state index contributed by atoms with van der Waals surface area (Å²) in [5.41, 5.74) is 4.56. The van der Waals surface area contributed by atoms with Gasteiger partial charge in [-0.15, -0.1) is 0 Å². The van der Waals surface area contributed by atoms with Crippen molar-refractivity contribution in [3.8, 4) is 0 Å². The van der Waals surface area contributed by atoms with E-state index in [1.807, 2.05) is 0 Å². The van der Waals surface area contributed by atoms with Crippen molar-refractivity contribution in [2.24, 2.45) is 5.73 Å². The van der Waals surface area contributed by atoms with Gasteiger partial charge in [0.1, 0.15) is 5.60 Å². The van der Waals surface area contributed by atoms with Crippen LogP contribution in [0.15, 0.2) is 0 Å². The lowest BCUT2D eigenvalue weighted by Gasteiger charge is -2.18. The number of aliphatic hydroxyl groups is 1. The van der Waals surface area contributed by atoms with E-state index in [9.17, 15) is 9.59 Å². The minimum absolute atomic E-state index is 0.226. The zero-order chi connectivity index (χ0) is 12.1. The van der Waals surface area contributed by atoms with Crippen LogP contribution in [0.5, 0.6) is 0 Å². The second-order valence-corrected chi connectivity index (χ2v) is 4.09. The van der Waals surface area contributed by atoms with Gasteiger partial charge >= 0.3 is 12.1 Å². The van der Waals surface area contributed by atoms with E-state index in [1.54, 1.807) is 20.8 Å². The molecule has 6 heteroatoms. The van der Waals surface area contributed by atoms with Crippen LogP contribution in [-0.2, 0) is 14.3 Å². The fraction of sp³-hybridized carbons (Fsp3) is 0.778. The number of carbonyl (C=O) groups is 2. The lowest BCUT2D eigenvalue weighted by molar-refractivity contribution is -0.142. The zero-order valence-corrected chi connectivity index (χ0v) is 9.15. The normalized spacial score (nSPS) is 13.1. The van der Waals surface area contributed by atoms with E-state index < -0.39 is 23.8 Å². The van der Waals surface area contributed by atoms with Crippen LogP contribution in [0.25, 0.3) is 0 Å². The molecule has 88 valence electrons. The van der Waals surface area contributed by atoms with Crippen molar-refractivity contribution >= 4 is 12.1 Å². The van der Waals surface area contributed by atoms with Crippen molar-refractivity contribution < 1.29 is 24.2 Å². The molecule has 0 heterocycles. The van der Waals surface area contributed by atoms with Gasteiger partial charge < -0.3 is 20.3 Å². The van der Waals surface area contributed by atoms with Crippen molar-refractivity contribution in [3.63, 3.8) is 0 Å². The number of carbonyl (C=O) groups excluding carboxylic acids is 2. The molecule has 0 spiro atoms. The Morgan fingerprint density at radius 2 is 1.93 bits per heavy atom. The van der Waals surface area contributed by atoms with Crippen LogP contribution >= 0.6 is 0 Å². The predicted molar refractivity (Wildman–Crippen MR) is 52.0 cm³/mol. The van der Waals surface area contributed by atoms with E-state index >= 15 is 0 Å². The number of esters is 1. The number of hydrogen-bond acceptors (Lipinski definition) is 6. The molecule has 6 nitrogen and oxygen atoms in total. The van der Waals surface area contributed by atoms with E-state index in [0.717, 1.165) is 0 Å². The van der Waals surface area contributed by atoms with E-state index in [2.05, 4.69) is 4.74 Å². The maximum absolute atomic E-state index is 11.0. The largest absolute Gasteiger partial charge is 0.516 e. The van der Waals surface area contributed by atoms with Crippen molar-refractivity contribution in [3.05, 3.63) is 0 Å². The van der Waals surface area contributed by atoms with Gasteiger partial charge in [0.25, 0.3) is 0 Å². The third-order valence-electron chi connectivity index (χ3n) is 1.25. The van der Waals surface area contributed by atoms with Gasteiger partial charge in [0, 0.05) is 6.04 Å². The molecule has 0 aliphatic rings. The molecule has 0 saturated heterocycles. The minimum Gasteiger partial charge on any atom is -0.428 e. The summed E-state index contributed by atoms with van der Waals surface area (Å²) in [5, 5.41) is 8.56. The second kappa shape index (κ2) is 5.67. The Morgan fingerprint density at radius 3 is 2.33 bits per heavy atom. The average Bonchev–Trinajstić information content (AvgIpc) is 1.99. The van der Waals surface area contributed by atoms with Crippen LogP contribution in [-0.4, -0.2) is 35.5 Å². The van der Waals surface area contributed by atoms with Crippen LogP contribution in [0.1, 0.15) is 27.2 Å². The maximum Gasteiger partial charge on any atom is 0.516 e. The van der Waals surface area contributed by atoms with E-state index in [0.29, 0.717) is 0 Å². The fourth-order valence-electron chi connectivity index (χ4n) is 0.684. The molecule has 0 aromatic carbocycles. The van der Waals surface area contributed by atoms with Gasteiger partial charge in [-0.25, -0.2) is 4.79 Å². The third-order valence-corrected chi connectivity index (χ3v) is 1.25. The first-order valence-electron chi connectivity index (χ1n) is 4.54. The van der Waals surface area contributed by atoms with Crippen molar-refractivity contribution in [2.45, 2.75) is 38.8 Å². The summed E-state index contributed by atoms with van der Waals surface area (Å²) < 4.78 is 9.05. The Balaban J connectivity index is 3.92. The van der Waals surface area contributed by atoms with Gasteiger partial charge in [-0.05, 0) is 20.8 Å². The lowest BCUT2D eigenvalue weighted by atomic mass is 10.2. The molecule has 1 unspecified atom stereocenters. The maximum atomic E-state index is 11.0. The number of aliphatic hydroxyl groups excluding tert-OH is 1. The summed E-state index contributed by atoms with van der Waals surface area (Å²) in [6, 6.07) is -0.722. The van der Waals surface area contributed by atoms with Gasteiger partial charge in [0.05, 0.1) is 13.0 Å². The summed E-state index contributed by atoms with van der Waals surface area (Å²) >= 11 is 0. The van der Waals surface area contributed by atoms with Gasteiger partial charge in [-0.2, -0.15) is 0 Å². The number of hydrogen-bond donors (Lipinski definition) is 2. The molecule has 0 aromatic heterocycles. The fourth-order valence-corrected chi connectivity index (χ4v) is 0.684. The number of ether oxygens (including phenoxy) is 2. The Labute approximate surface area is 88.3 Å². The molecule has 0 bridgehead atoms. The monoisotopic (exact) mass is 219 g/mol. The molecular weight excluding hydrogens is 202 g/mol. The van der Waals surface area contributed by atoms with Gasteiger partial charge in [-0.1, -0.05) is 0 Å². The van der Waals surface area contributed by atoms with Crippen LogP contribution in [0.2, 0.25) is 0 Å². The summed E-state index contributed by atoms with van der Waals surface area (Å²) in [6.45, 7) is 4.61. The van der Waals surface area contributed by atoms with Crippen molar-refractivity contribution in [1.29, 1.82) is 0 Å². The van der Waals surface area contributed by atoms with Crippen LogP contribution < -0.4 is 5.73 Å². The quantitative estimate of drug-likeness (QED) is 0.518. The van der Waals surface area contributed by atoms with Gasteiger partial charge in [-0.3, -0.25) is 4.79 Å². The highest BCUT2D eigenvalue weighted by molar-refractivity contribution is 5.82. The average molecular weight is 219 g/mol. The molecule has 3 N–H and O–H groups in total. The van der Waals surface area contributed by atoms with Crippen LogP contribution in [0.4, 0.5) is 4.79 Å². The zero-order valence-electron chi connectivity index (χ0n) is 9.15. The van der Waals surface area contributed by atoms with Crippen LogP contribution in [0, 0.1) is 0 Å².